The number of carbonyl (C=O) groups excluding carboxylic acids is 1. The number of aromatic nitrogens is 2. The highest BCUT2D eigenvalue weighted by atomic mass is 16.5. The first-order chi connectivity index (χ1) is 13.9. The summed E-state index contributed by atoms with van der Waals surface area (Å²) in [4.78, 5) is 19.1. The molecule has 1 aromatic heterocycles. The molecule has 2 aromatic carbocycles. The number of aliphatic hydroxyl groups is 1. The summed E-state index contributed by atoms with van der Waals surface area (Å²) in [6, 6.07) is 11.6. The Labute approximate surface area is 169 Å². The third kappa shape index (κ3) is 2.99. The van der Waals surface area contributed by atoms with Crippen molar-refractivity contribution in [2.75, 3.05) is 14.1 Å². The van der Waals surface area contributed by atoms with Gasteiger partial charge < -0.3 is 19.3 Å². The molecule has 1 heterocycles. The van der Waals surface area contributed by atoms with Crippen molar-refractivity contribution in [1.82, 2.24) is 14.5 Å². The molecule has 0 radical (unpaired) electrons. The highest BCUT2D eigenvalue weighted by Gasteiger charge is 2.34. The van der Waals surface area contributed by atoms with Crippen LogP contribution in [0.5, 0.6) is 5.75 Å². The first-order valence-corrected chi connectivity index (χ1v) is 10.1. The summed E-state index contributed by atoms with van der Waals surface area (Å²) < 4.78 is 8.44. The van der Waals surface area contributed by atoms with E-state index in [0.717, 1.165) is 40.8 Å². The van der Waals surface area contributed by atoms with Gasteiger partial charge in [0.15, 0.2) is 6.10 Å². The van der Waals surface area contributed by atoms with Gasteiger partial charge in [-0.2, -0.15) is 0 Å². The zero-order chi connectivity index (χ0) is 20.3. The molecule has 0 spiro atoms. The fourth-order valence-corrected chi connectivity index (χ4v) is 4.27. The number of hydrogen-bond acceptors (Lipinski definition) is 4. The highest BCUT2D eigenvalue weighted by molar-refractivity contribution is 5.99. The standard InChI is InChI=1S/C23H25N3O3/c1-25(2)23(28)15-10-17-20(24-22(26(17)3)13-8-9-13)19(12-15)29-21-16-7-5-4-6-14(16)11-18(21)27/h4-7,10,12-13,18,21,27H,8-9,11H2,1-3H3. The fourth-order valence-electron chi connectivity index (χ4n) is 4.27. The molecule has 1 fully saturated rings. The summed E-state index contributed by atoms with van der Waals surface area (Å²) >= 11 is 0. The van der Waals surface area contributed by atoms with Crippen LogP contribution in [0.4, 0.5) is 0 Å². The lowest BCUT2D eigenvalue weighted by molar-refractivity contribution is 0.0503. The second-order valence-corrected chi connectivity index (χ2v) is 8.35. The molecule has 6 nitrogen and oxygen atoms in total. The molecule has 5 rings (SSSR count). The molecular weight excluding hydrogens is 366 g/mol. The zero-order valence-electron chi connectivity index (χ0n) is 16.9. The van der Waals surface area contributed by atoms with Gasteiger partial charge in [-0.15, -0.1) is 0 Å². The van der Waals surface area contributed by atoms with Crippen LogP contribution < -0.4 is 4.74 Å². The second kappa shape index (κ2) is 6.59. The Kier molecular flexibility index (Phi) is 4.13. The van der Waals surface area contributed by atoms with Crippen LogP contribution in [0, 0.1) is 0 Å². The zero-order valence-corrected chi connectivity index (χ0v) is 16.9. The van der Waals surface area contributed by atoms with E-state index in [-0.39, 0.29) is 5.91 Å². The largest absolute Gasteiger partial charge is 0.481 e. The maximum Gasteiger partial charge on any atom is 0.253 e. The summed E-state index contributed by atoms with van der Waals surface area (Å²) in [5.74, 6) is 1.98. The van der Waals surface area contributed by atoms with E-state index in [2.05, 4.69) is 4.57 Å². The van der Waals surface area contributed by atoms with Crippen molar-refractivity contribution >= 4 is 16.9 Å². The van der Waals surface area contributed by atoms with Crippen LogP contribution in [0.2, 0.25) is 0 Å². The van der Waals surface area contributed by atoms with Crippen molar-refractivity contribution in [3.63, 3.8) is 0 Å². The van der Waals surface area contributed by atoms with Crippen LogP contribution in [0.3, 0.4) is 0 Å². The van der Waals surface area contributed by atoms with E-state index in [1.165, 1.54) is 0 Å². The van der Waals surface area contributed by atoms with Gasteiger partial charge in [0.05, 0.1) is 11.6 Å². The van der Waals surface area contributed by atoms with Gasteiger partial charge in [0.25, 0.3) is 5.91 Å². The Morgan fingerprint density at radius 2 is 2.00 bits per heavy atom. The van der Waals surface area contributed by atoms with Crippen molar-refractivity contribution in [2.24, 2.45) is 7.05 Å². The van der Waals surface area contributed by atoms with Gasteiger partial charge in [0, 0.05) is 39.0 Å². The predicted octanol–water partition coefficient (Wildman–Crippen LogP) is 3.19. The molecule has 29 heavy (non-hydrogen) atoms. The number of amides is 1. The van der Waals surface area contributed by atoms with Crippen molar-refractivity contribution in [3.8, 4) is 5.75 Å². The van der Waals surface area contributed by atoms with E-state index >= 15 is 0 Å². The second-order valence-electron chi connectivity index (χ2n) is 8.35. The van der Waals surface area contributed by atoms with Crippen molar-refractivity contribution in [1.29, 1.82) is 0 Å². The van der Waals surface area contributed by atoms with Gasteiger partial charge in [-0.3, -0.25) is 4.79 Å². The van der Waals surface area contributed by atoms with E-state index in [1.54, 1.807) is 25.1 Å². The number of ether oxygens (including phenoxy) is 1. The van der Waals surface area contributed by atoms with Gasteiger partial charge in [0.1, 0.15) is 17.1 Å². The van der Waals surface area contributed by atoms with Crippen molar-refractivity contribution < 1.29 is 14.6 Å². The monoisotopic (exact) mass is 391 g/mol. The van der Waals surface area contributed by atoms with Gasteiger partial charge >= 0.3 is 0 Å². The van der Waals surface area contributed by atoms with Crippen LogP contribution in [0.1, 0.15) is 52.2 Å². The Hall–Kier alpha value is -2.86. The predicted molar refractivity (Wildman–Crippen MR) is 110 cm³/mol. The molecule has 2 aliphatic carbocycles. The molecule has 3 aromatic rings. The van der Waals surface area contributed by atoms with E-state index in [9.17, 15) is 9.90 Å². The minimum Gasteiger partial charge on any atom is -0.481 e. The minimum absolute atomic E-state index is 0.0849. The van der Waals surface area contributed by atoms with Gasteiger partial charge in [-0.1, -0.05) is 24.3 Å². The molecule has 0 bridgehead atoms. The summed E-state index contributed by atoms with van der Waals surface area (Å²) in [6.45, 7) is 0. The van der Waals surface area contributed by atoms with Gasteiger partial charge in [-0.05, 0) is 36.1 Å². The first-order valence-electron chi connectivity index (χ1n) is 10.1. The van der Waals surface area contributed by atoms with Crippen molar-refractivity contribution in [2.45, 2.75) is 37.4 Å². The van der Waals surface area contributed by atoms with Crippen LogP contribution in [0.15, 0.2) is 36.4 Å². The molecular formula is C23H25N3O3. The Morgan fingerprint density at radius 1 is 1.24 bits per heavy atom. The lowest BCUT2D eigenvalue weighted by atomic mass is 10.1. The summed E-state index contributed by atoms with van der Waals surface area (Å²) in [6.07, 6.45) is 1.76. The lowest BCUT2D eigenvalue weighted by Crippen LogP contribution is -2.22. The van der Waals surface area contributed by atoms with E-state index in [0.29, 0.717) is 23.7 Å². The number of nitrogens with zero attached hydrogens (tertiary/aromatic N) is 3. The Balaban J connectivity index is 1.64. The number of imidazole rings is 1. The quantitative estimate of drug-likeness (QED) is 0.742. The molecule has 0 aliphatic heterocycles. The summed E-state index contributed by atoms with van der Waals surface area (Å²) in [5.41, 5.74) is 4.29. The van der Waals surface area contributed by atoms with Crippen LogP contribution >= 0.6 is 0 Å². The van der Waals surface area contributed by atoms with E-state index in [4.69, 9.17) is 9.72 Å². The minimum atomic E-state index is -0.623. The molecule has 2 atom stereocenters. The average molecular weight is 391 g/mol. The SMILES string of the molecule is CN(C)C(=O)c1cc(OC2c3ccccc3CC2O)c2nc(C3CC3)n(C)c2c1. The maximum absolute atomic E-state index is 12.7. The third-order valence-corrected chi connectivity index (χ3v) is 5.98. The smallest absolute Gasteiger partial charge is 0.253 e. The summed E-state index contributed by atoms with van der Waals surface area (Å²) in [7, 11) is 5.47. The van der Waals surface area contributed by atoms with Crippen molar-refractivity contribution in [3.05, 3.63) is 58.9 Å². The van der Waals surface area contributed by atoms with Crippen LogP contribution in [-0.2, 0) is 13.5 Å². The summed E-state index contributed by atoms with van der Waals surface area (Å²) in [5, 5.41) is 10.6. The Bertz CT molecular complexity index is 1110. The molecule has 6 heteroatoms. The highest BCUT2D eigenvalue weighted by Crippen LogP contribution is 2.43. The number of benzene rings is 2. The molecule has 1 amide bonds. The molecule has 2 unspecified atom stereocenters. The number of carbonyl (C=O) groups is 1. The van der Waals surface area contributed by atoms with E-state index in [1.807, 2.05) is 37.4 Å². The Morgan fingerprint density at radius 3 is 2.72 bits per heavy atom. The fraction of sp³-hybridized carbons (Fsp3) is 0.391. The topological polar surface area (TPSA) is 67.6 Å². The number of aryl methyl sites for hydroxylation is 1. The molecule has 150 valence electrons. The number of fused-ring (bicyclic) bond motifs is 2. The number of aliphatic hydroxyl groups excluding tert-OH is 1. The molecule has 1 saturated carbocycles. The van der Waals surface area contributed by atoms with Gasteiger partial charge in [-0.25, -0.2) is 4.98 Å². The average Bonchev–Trinajstić information content (AvgIpc) is 3.43. The third-order valence-electron chi connectivity index (χ3n) is 5.98. The molecule has 2 aliphatic rings. The molecule has 1 N–H and O–H groups in total. The van der Waals surface area contributed by atoms with Crippen LogP contribution in [0.25, 0.3) is 11.0 Å². The molecule has 0 saturated heterocycles. The normalized spacial score (nSPS) is 20.7. The van der Waals surface area contributed by atoms with Gasteiger partial charge in [0.2, 0.25) is 0 Å². The number of rotatable bonds is 4. The lowest BCUT2D eigenvalue weighted by Gasteiger charge is -2.20. The first kappa shape index (κ1) is 18.2. The maximum atomic E-state index is 12.7. The number of hydrogen-bond donors (Lipinski definition) is 1. The van der Waals surface area contributed by atoms with Crippen LogP contribution in [-0.4, -0.2) is 45.7 Å². The van der Waals surface area contributed by atoms with E-state index < -0.39 is 12.2 Å².